The van der Waals surface area contributed by atoms with Crippen LogP contribution >= 0.6 is 0 Å². The molecule has 1 amide bonds. The Balaban J connectivity index is 1.64. The third-order valence-electron chi connectivity index (χ3n) is 5.16. The number of amides is 1. The number of hydrogen-bond donors (Lipinski definition) is 1. The number of halogens is 1. The van der Waals surface area contributed by atoms with Gasteiger partial charge >= 0.3 is 5.69 Å². The SMILES string of the molecule is COc1ccc(CNC(=O)c2cc3c(=O)n(Cc4cccc(F)c4)c(=O)n(C)c3cn2)cn1. The number of hydrogen-bond acceptors (Lipinski definition) is 6. The minimum atomic E-state index is -0.590. The predicted molar refractivity (Wildman–Crippen MR) is 119 cm³/mol. The molecule has 10 heteroatoms. The summed E-state index contributed by atoms with van der Waals surface area (Å²) in [4.78, 5) is 46.6. The van der Waals surface area contributed by atoms with E-state index >= 15 is 0 Å². The molecule has 0 aliphatic heterocycles. The lowest BCUT2D eigenvalue weighted by atomic mass is 10.2. The molecule has 3 aromatic heterocycles. The number of pyridine rings is 2. The van der Waals surface area contributed by atoms with Crippen molar-refractivity contribution >= 4 is 16.8 Å². The van der Waals surface area contributed by atoms with Crippen LogP contribution in [0.5, 0.6) is 5.88 Å². The Morgan fingerprint density at radius 1 is 1.09 bits per heavy atom. The number of nitrogens with zero attached hydrogens (tertiary/aromatic N) is 4. The molecule has 0 atom stereocenters. The molecule has 1 aromatic carbocycles. The van der Waals surface area contributed by atoms with E-state index in [1.807, 2.05) is 0 Å². The summed E-state index contributed by atoms with van der Waals surface area (Å²) in [6.07, 6.45) is 2.89. The number of fused-ring (bicyclic) bond motifs is 1. The number of aryl methyl sites for hydroxylation is 1. The Bertz CT molecular complexity index is 1460. The van der Waals surface area contributed by atoms with Crippen molar-refractivity contribution in [3.8, 4) is 5.88 Å². The summed E-state index contributed by atoms with van der Waals surface area (Å²) >= 11 is 0. The van der Waals surface area contributed by atoms with Crippen molar-refractivity contribution in [1.29, 1.82) is 0 Å². The second-order valence-electron chi connectivity index (χ2n) is 7.34. The summed E-state index contributed by atoms with van der Waals surface area (Å²) in [5, 5.41) is 2.87. The number of benzene rings is 1. The first-order chi connectivity index (χ1) is 15.9. The van der Waals surface area contributed by atoms with Gasteiger partial charge in [0.15, 0.2) is 0 Å². The second kappa shape index (κ2) is 9.03. The maximum Gasteiger partial charge on any atom is 0.331 e. The van der Waals surface area contributed by atoms with Crippen molar-refractivity contribution in [1.82, 2.24) is 24.4 Å². The van der Waals surface area contributed by atoms with Gasteiger partial charge in [0.2, 0.25) is 5.88 Å². The molecule has 0 spiro atoms. The fraction of sp³-hybridized carbons (Fsp3) is 0.174. The van der Waals surface area contributed by atoms with Gasteiger partial charge < -0.3 is 10.1 Å². The highest BCUT2D eigenvalue weighted by molar-refractivity contribution is 5.95. The van der Waals surface area contributed by atoms with Crippen LogP contribution in [-0.2, 0) is 20.1 Å². The molecule has 0 aliphatic carbocycles. The standard InChI is InChI=1S/C23H20FN5O4/c1-28-19-12-25-18(21(30)27-11-15-6-7-20(33-2)26-10-15)9-17(19)22(31)29(23(28)32)13-14-4-3-5-16(24)8-14/h3-10,12H,11,13H2,1-2H3,(H,27,30). The lowest BCUT2D eigenvalue weighted by Crippen LogP contribution is -2.39. The van der Waals surface area contributed by atoms with Gasteiger partial charge in [-0.3, -0.25) is 18.7 Å². The highest BCUT2D eigenvalue weighted by atomic mass is 19.1. The summed E-state index contributed by atoms with van der Waals surface area (Å²) < 4.78 is 20.8. The van der Waals surface area contributed by atoms with Gasteiger partial charge in [0, 0.05) is 25.9 Å². The largest absolute Gasteiger partial charge is 0.481 e. The summed E-state index contributed by atoms with van der Waals surface area (Å²) in [5.41, 5.74) is 0.378. The number of carbonyl (C=O) groups is 1. The molecule has 0 saturated carbocycles. The molecular formula is C23H20FN5O4. The number of aromatic nitrogens is 4. The molecular weight excluding hydrogens is 429 g/mol. The van der Waals surface area contributed by atoms with E-state index in [1.165, 1.54) is 49.2 Å². The number of carbonyl (C=O) groups excluding carboxylic acids is 1. The monoisotopic (exact) mass is 449 g/mol. The Hall–Kier alpha value is -4.34. The van der Waals surface area contributed by atoms with E-state index < -0.39 is 23.0 Å². The molecule has 4 aromatic rings. The van der Waals surface area contributed by atoms with Crippen molar-refractivity contribution in [2.75, 3.05) is 7.11 Å². The molecule has 0 bridgehead atoms. The van der Waals surface area contributed by atoms with Crippen molar-refractivity contribution < 1.29 is 13.9 Å². The first-order valence-electron chi connectivity index (χ1n) is 9.98. The van der Waals surface area contributed by atoms with Crippen LogP contribution in [0, 0.1) is 5.82 Å². The fourth-order valence-electron chi connectivity index (χ4n) is 3.39. The van der Waals surface area contributed by atoms with E-state index in [4.69, 9.17) is 4.74 Å². The van der Waals surface area contributed by atoms with E-state index in [1.54, 1.807) is 24.4 Å². The zero-order valence-electron chi connectivity index (χ0n) is 17.9. The van der Waals surface area contributed by atoms with Gasteiger partial charge in [-0.1, -0.05) is 18.2 Å². The van der Waals surface area contributed by atoms with E-state index in [0.717, 1.165) is 10.1 Å². The minimum absolute atomic E-state index is 0.0250. The van der Waals surface area contributed by atoms with Crippen molar-refractivity contribution in [2.45, 2.75) is 13.1 Å². The predicted octanol–water partition coefficient (Wildman–Crippen LogP) is 1.62. The molecule has 9 nitrogen and oxygen atoms in total. The topological polar surface area (TPSA) is 108 Å². The van der Waals surface area contributed by atoms with Gasteiger partial charge in [0.25, 0.3) is 11.5 Å². The fourth-order valence-corrected chi connectivity index (χ4v) is 3.39. The lowest BCUT2D eigenvalue weighted by molar-refractivity contribution is 0.0946. The number of ether oxygens (including phenoxy) is 1. The average Bonchev–Trinajstić information content (AvgIpc) is 2.83. The summed E-state index contributed by atoms with van der Waals surface area (Å²) in [5.74, 6) is -0.493. The van der Waals surface area contributed by atoms with Gasteiger partial charge in [-0.05, 0) is 29.3 Å². The molecule has 0 unspecified atom stereocenters. The number of nitrogens with one attached hydrogen (secondary N) is 1. The normalized spacial score (nSPS) is 10.9. The van der Waals surface area contributed by atoms with Crippen LogP contribution in [0.3, 0.4) is 0 Å². The van der Waals surface area contributed by atoms with E-state index in [2.05, 4.69) is 15.3 Å². The highest BCUT2D eigenvalue weighted by Crippen LogP contribution is 2.11. The molecule has 0 fully saturated rings. The smallest absolute Gasteiger partial charge is 0.331 e. The van der Waals surface area contributed by atoms with Crippen LogP contribution in [-0.4, -0.2) is 32.1 Å². The first kappa shape index (κ1) is 21.9. The minimum Gasteiger partial charge on any atom is -0.481 e. The third-order valence-corrected chi connectivity index (χ3v) is 5.16. The van der Waals surface area contributed by atoms with Crippen molar-refractivity contribution in [2.24, 2.45) is 7.05 Å². The quantitative estimate of drug-likeness (QED) is 0.479. The molecule has 3 heterocycles. The van der Waals surface area contributed by atoms with Crippen LogP contribution < -0.4 is 21.3 Å². The summed E-state index contributed by atoms with van der Waals surface area (Å²) in [6, 6.07) is 10.5. The lowest BCUT2D eigenvalue weighted by Gasteiger charge is -2.12. The highest BCUT2D eigenvalue weighted by Gasteiger charge is 2.15. The zero-order chi connectivity index (χ0) is 23.5. The molecule has 0 aliphatic rings. The van der Waals surface area contributed by atoms with E-state index in [9.17, 15) is 18.8 Å². The maximum absolute atomic E-state index is 13.5. The van der Waals surface area contributed by atoms with E-state index in [-0.39, 0.29) is 29.7 Å². The Kier molecular flexibility index (Phi) is 5.99. The van der Waals surface area contributed by atoms with Gasteiger partial charge in [0.05, 0.1) is 30.8 Å². The molecule has 33 heavy (non-hydrogen) atoms. The third kappa shape index (κ3) is 4.49. The van der Waals surface area contributed by atoms with Crippen LogP contribution in [0.15, 0.2) is 64.4 Å². The Labute approximate surface area is 187 Å². The van der Waals surface area contributed by atoms with Crippen LogP contribution in [0.25, 0.3) is 10.9 Å². The molecule has 168 valence electrons. The van der Waals surface area contributed by atoms with Crippen molar-refractivity contribution in [3.63, 3.8) is 0 Å². The number of methoxy groups -OCH3 is 1. The molecule has 4 rings (SSSR count). The maximum atomic E-state index is 13.5. The second-order valence-corrected chi connectivity index (χ2v) is 7.34. The van der Waals surface area contributed by atoms with Gasteiger partial charge in [-0.25, -0.2) is 19.2 Å². The Morgan fingerprint density at radius 2 is 1.91 bits per heavy atom. The van der Waals surface area contributed by atoms with Crippen LogP contribution in [0.1, 0.15) is 21.6 Å². The average molecular weight is 449 g/mol. The summed E-state index contributed by atoms with van der Waals surface area (Å²) in [7, 11) is 3.02. The van der Waals surface area contributed by atoms with Gasteiger partial charge in [-0.2, -0.15) is 0 Å². The van der Waals surface area contributed by atoms with Gasteiger partial charge in [0.1, 0.15) is 11.5 Å². The van der Waals surface area contributed by atoms with Crippen LogP contribution in [0.4, 0.5) is 4.39 Å². The van der Waals surface area contributed by atoms with Gasteiger partial charge in [-0.15, -0.1) is 0 Å². The zero-order valence-corrected chi connectivity index (χ0v) is 17.9. The molecule has 0 radical (unpaired) electrons. The molecule has 0 saturated heterocycles. The number of rotatable bonds is 6. The van der Waals surface area contributed by atoms with Crippen molar-refractivity contribution in [3.05, 3.63) is 98.3 Å². The Morgan fingerprint density at radius 3 is 2.61 bits per heavy atom. The summed E-state index contributed by atoms with van der Waals surface area (Å²) in [6.45, 7) is 0.0974. The first-order valence-corrected chi connectivity index (χ1v) is 9.98. The molecule has 1 N–H and O–H groups in total. The van der Waals surface area contributed by atoms with Crippen LogP contribution in [0.2, 0.25) is 0 Å². The van der Waals surface area contributed by atoms with E-state index in [0.29, 0.717) is 11.4 Å².